The van der Waals surface area contributed by atoms with E-state index in [1.807, 2.05) is 0 Å². The number of rotatable bonds is 16. The molecule has 0 saturated heterocycles. The molecule has 0 heterocycles. The monoisotopic (exact) mass is 578 g/mol. The van der Waals surface area contributed by atoms with Crippen LogP contribution >= 0.6 is 49.6 Å². The summed E-state index contributed by atoms with van der Waals surface area (Å²) in [4.78, 5) is 2.67. The van der Waals surface area contributed by atoms with Crippen LogP contribution in [0.1, 0.15) is 50.5 Å². The molecule has 0 bridgehead atoms. The van der Waals surface area contributed by atoms with Crippen molar-refractivity contribution in [1.82, 2.24) is 10.2 Å². The molecule has 0 unspecified atom stereocenters. The normalized spacial score (nSPS) is 10.4. The summed E-state index contributed by atoms with van der Waals surface area (Å²) in [6.07, 6.45) is 8.29. The average molecular weight is 581 g/mol. The molecule has 3 aromatic rings. The zero-order valence-corrected chi connectivity index (χ0v) is 24.6. The van der Waals surface area contributed by atoms with Crippen LogP contribution in [0.4, 0.5) is 0 Å². The number of hydrogen-bond acceptors (Lipinski definition) is 4. The highest BCUT2D eigenvalue weighted by Crippen LogP contribution is 2.29. The molecule has 0 atom stereocenters. The van der Waals surface area contributed by atoms with Gasteiger partial charge in [0, 0.05) is 6.54 Å². The van der Waals surface area contributed by atoms with Crippen LogP contribution in [0.2, 0.25) is 0 Å². The van der Waals surface area contributed by atoms with Crippen LogP contribution in [0.3, 0.4) is 0 Å². The number of fused-ring (bicyclic) bond motifs is 2. The topological polar surface area (TPSA) is 67.3 Å². The second-order valence-corrected chi connectivity index (χ2v) is 8.88. The van der Waals surface area contributed by atoms with E-state index >= 15 is 0 Å². The SMILES string of the molecule is Cl.Cl.Cl.Cl.NCCCCCN(CCCCNCCCCN)Cc1c2ccccc2cc2ccccc12. The van der Waals surface area contributed by atoms with Gasteiger partial charge in [0.15, 0.2) is 0 Å². The van der Waals surface area contributed by atoms with Crippen molar-refractivity contribution in [3.05, 3.63) is 60.2 Å². The number of halogens is 4. The number of nitrogens with one attached hydrogen (secondary N) is 1. The molecule has 0 amide bonds. The number of hydrogen-bond donors (Lipinski definition) is 3. The number of unbranched alkanes of at least 4 members (excludes halogenated alkanes) is 4. The van der Waals surface area contributed by atoms with Gasteiger partial charge in [0.2, 0.25) is 0 Å². The van der Waals surface area contributed by atoms with Gasteiger partial charge in [-0.15, -0.1) is 49.6 Å². The maximum absolute atomic E-state index is 5.72. The Labute approximate surface area is 243 Å². The quantitative estimate of drug-likeness (QED) is 0.130. The van der Waals surface area contributed by atoms with Crippen molar-refractivity contribution >= 4 is 71.2 Å². The van der Waals surface area contributed by atoms with Crippen molar-refractivity contribution in [1.29, 1.82) is 0 Å². The summed E-state index contributed by atoms with van der Waals surface area (Å²) in [6, 6.07) is 20.0. The van der Waals surface area contributed by atoms with E-state index in [9.17, 15) is 0 Å². The lowest BCUT2D eigenvalue weighted by Gasteiger charge is -2.24. The van der Waals surface area contributed by atoms with Crippen LogP contribution in [0.5, 0.6) is 0 Å². The fraction of sp³-hybridized carbons (Fsp3) is 0.500. The lowest BCUT2D eigenvalue weighted by Crippen LogP contribution is -2.27. The second-order valence-electron chi connectivity index (χ2n) is 8.88. The predicted octanol–water partition coefficient (Wildman–Crippen LogP) is 6.72. The third-order valence-corrected chi connectivity index (χ3v) is 6.33. The van der Waals surface area contributed by atoms with Crippen LogP contribution < -0.4 is 16.8 Å². The highest BCUT2D eigenvalue weighted by molar-refractivity contribution is 6.02. The molecule has 3 aromatic carbocycles. The third kappa shape index (κ3) is 12.1. The van der Waals surface area contributed by atoms with E-state index in [0.717, 1.165) is 58.7 Å². The zero-order valence-electron chi connectivity index (χ0n) is 21.3. The standard InChI is InChI=1S/C28H42N4.4ClH/c29-16-6-1-10-20-32(21-11-9-19-31-18-8-7-17-30)23-28-26-14-4-2-12-24(26)22-25-13-3-5-15-27(25)28;;;;/h2-5,12-15,22,31H,1,6-11,16-21,23,29-30H2;4*1H. The van der Waals surface area contributed by atoms with E-state index in [4.69, 9.17) is 11.5 Å². The second kappa shape index (κ2) is 22.2. The molecule has 4 nitrogen and oxygen atoms in total. The maximum Gasteiger partial charge on any atom is 0.0246 e. The average Bonchev–Trinajstić information content (AvgIpc) is 2.83. The first-order valence-electron chi connectivity index (χ1n) is 12.6. The van der Waals surface area contributed by atoms with Crippen LogP contribution in [0, 0.1) is 0 Å². The van der Waals surface area contributed by atoms with Gasteiger partial charge in [0.1, 0.15) is 0 Å². The van der Waals surface area contributed by atoms with Gasteiger partial charge in [-0.05, 0) is 111 Å². The van der Waals surface area contributed by atoms with Crippen LogP contribution in [-0.2, 0) is 6.54 Å². The highest BCUT2D eigenvalue weighted by atomic mass is 35.5. The Bertz CT molecular complexity index is 888. The highest BCUT2D eigenvalue weighted by Gasteiger charge is 2.12. The summed E-state index contributed by atoms with van der Waals surface area (Å²) < 4.78 is 0. The zero-order chi connectivity index (χ0) is 22.4. The molecule has 0 fully saturated rings. The third-order valence-electron chi connectivity index (χ3n) is 6.33. The van der Waals surface area contributed by atoms with Crippen molar-refractivity contribution in [2.75, 3.05) is 39.3 Å². The minimum Gasteiger partial charge on any atom is -0.330 e. The Hall–Kier alpha value is -0.820. The first-order valence-corrected chi connectivity index (χ1v) is 12.6. The van der Waals surface area contributed by atoms with Crippen molar-refractivity contribution in [3.8, 4) is 0 Å². The molecule has 0 saturated carbocycles. The molecule has 36 heavy (non-hydrogen) atoms. The van der Waals surface area contributed by atoms with Gasteiger partial charge in [-0.25, -0.2) is 0 Å². The Balaban J connectivity index is 0. The Morgan fingerprint density at radius 1 is 0.583 bits per heavy atom. The molecule has 0 aromatic heterocycles. The van der Waals surface area contributed by atoms with Gasteiger partial charge < -0.3 is 16.8 Å². The molecule has 0 radical (unpaired) electrons. The van der Waals surface area contributed by atoms with Gasteiger partial charge in [0.05, 0.1) is 0 Å². The van der Waals surface area contributed by atoms with Crippen molar-refractivity contribution in [3.63, 3.8) is 0 Å². The van der Waals surface area contributed by atoms with Crippen molar-refractivity contribution in [2.45, 2.75) is 51.5 Å². The number of nitrogens with two attached hydrogens (primary N) is 2. The van der Waals surface area contributed by atoms with E-state index in [1.165, 1.54) is 59.2 Å². The van der Waals surface area contributed by atoms with Gasteiger partial charge in [-0.2, -0.15) is 0 Å². The van der Waals surface area contributed by atoms with Crippen molar-refractivity contribution < 1.29 is 0 Å². The number of benzene rings is 3. The minimum absolute atomic E-state index is 0. The van der Waals surface area contributed by atoms with Crippen LogP contribution in [0.15, 0.2) is 54.6 Å². The molecular weight excluding hydrogens is 534 g/mol. The van der Waals surface area contributed by atoms with E-state index < -0.39 is 0 Å². The number of nitrogens with zero attached hydrogens (tertiary/aromatic N) is 1. The lowest BCUT2D eigenvalue weighted by molar-refractivity contribution is 0.255. The molecule has 3 rings (SSSR count). The summed E-state index contributed by atoms with van der Waals surface area (Å²) in [7, 11) is 0. The first kappa shape index (κ1) is 37.3. The maximum atomic E-state index is 5.72. The molecule has 0 aliphatic rings. The van der Waals surface area contributed by atoms with Crippen LogP contribution in [-0.4, -0.2) is 44.2 Å². The molecular formula is C28H46Cl4N4. The minimum atomic E-state index is 0. The summed E-state index contributed by atoms with van der Waals surface area (Å²) in [5.41, 5.74) is 12.8. The van der Waals surface area contributed by atoms with Gasteiger partial charge >= 0.3 is 0 Å². The fourth-order valence-electron chi connectivity index (χ4n) is 4.53. The molecule has 206 valence electrons. The van der Waals surface area contributed by atoms with Gasteiger partial charge in [0.25, 0.3) is 0 Å². The smallest absolute Gasteiger partial charge is 0.0246 e. The Kier molecular flexibility index (Phi) is 23.0. The van der Waals surface area contributed by atoms with E-state index in [0.29, 0.717) is 0 Å². The molecule has 8 heteroatoms. The van der Waals surface area contributed by atoms with E-state index in [-0.39, 0.29) is 49.6 Å². The molecule has 5 N–H and O–H groups in total. The molecule has 0 aliphatic carbocycles. The lowest BCUT2D eigenvalue weighted by atomic mass is 9.96. The fourth-order valence-corrected chi connectivity index (χ4v) is 4.53. The summed E-state index contributed by atoms with van der Waals surface area (Å²) >= 11 is 0. The van der Waals surface area contributed by atoms with Gasteiger partial charge in [-0.1, -0.05) is 55.0 Å². The van der Waals surface area contributed by atoms with Crippen molar-refractivity contribution in [2.24, 2.45) is 11.5 Å². The summed E-state index contributed by atoms with van der Waals surface area (Å²) in [5.74, 6) is 0. The first-order chi connectivity index (χ1) is 15.8. The molecule has 0 aliphatic heterocycles. The van der Waals surface area contributed by atoms with E-state index in [2.05, 4.69) is 64.8 Å². The molecule has 0 spiro atoms. The Morgan fingerprint density at radius 3 is 1.61 bits per heavy atom. The Morgan fingerprint density at radius 2 is 1.06 bits per heavy atom. The largest absolute Gasteiger partial charge is 0.330 e. The van der Waals surface area contributed by atoms with E-state index in [1.54, 1.807) is 0 Å². The predicted molar refractivity (Wildman–Crippen MR) is 169 cm³/mol. The van der Waals surface area contributed by atoms with Crippen LogP contribution in [0.25, 0.3) is 21.5 Å². The van der Waals surface area contributed by atoms with Gasteiger partial charge in [-0.3, -0.25) is 4.90 Å². The summed E-state index contributed by atoms with van der Waals surface area (Å²) in [6.45, 7) is 7.07. The summed E-state index contributed by atoms with van der Waals surface area (Å²) in [5, 5.41) is 9.02.